The van der Waals surface area contributed by atoms with Crippen molar-refractivity contribution in [2.45, 2.75) is 25.8 Å². The first kappa shape index (κ1) is 8.02. The summed E-state index contributed by atoms with van der Waals surface area (Å²) in [6.45, 7) is 5.85. The van der Waals surface area contributed by atoms with E-state index in [0.29, 0.717) is 0 Å². The van der Waals surface area contributed by atoms with Gasteiger partial charge in [-0.15, -0.1) is 0 Å². The molecule has 1 rings (SSSR count). The van der Waals surface area contributed by atoms with Crippen LogP contribution in [0.1, 0.15) is 19.8 Å². The fraction of sp³-hybridized carbons (Fsp3) is 1.00. The number of nitrogens with one attached hydrogen (secondary N) is 1. The molecule has 60 valence electrons. The van der Waals surface area contributed by atoms with E-state index < -0.39 is 0 Å². The van der Waals surface area contributed by atoms with Crippen LogP contribution in [-0.2, 0) is 0 Å². The van der Waals surface area contributed by atoms with E-state index in [4.69, 9.17) is 0 Å². The number of nitrogens with zero attached hydrogens (tertiary/aromatic N) is 1. The first-order valence-electron chi connectivity index (χ1n) is 4.25. The fourth-order valence-electron chi connectivity index (χ4n) is 1.53. The highest BCUT2D eigenvalue weighted by Crippen LogP contribution is 2.01. The molecule has 0 aromatic carbocycles. The summed E-state index contributed by atoms with van der Waals surface area (Å²) in [4.78, 5) is 2.40. The van der Waals surface area contributed by atoms with Crippen LogP contribution in [0, 0.1) is 0 Å². The molecule has 0 amide bonds. The van der Waals surface area contributed by atoms with Crippen LogP contribution in [0.3, 0.4) is 0 Å². The second-order valence-corrected chi connectivity index (χ2v) is 3.20. The van der Waals surface area contributed by atoms with Crippen LogP contribution in [0.25, 0.3) is 0 Å². The molecule has 0 radical (unpaired) electrons. The average molecular weight is 142 g/mol. The van der Waals surface area contributed by atoms with Gasteiger partial charge in [0.25, 0.3) is 0 Å². The number of likely N-dealkylation sites (N-methyl/N-ethyl adjacent to an activating group) is 1. The quantitative estimate of drug-likeness (QED) is 0.610. The monoisotopic (exact) mass is 142 g/mol. The van der Waals surface area contributed by atoms with Gasteiger partial charge in [0.1, 0.15) is 0 Å². The molecule has 2 nitrogen and oxygen atoms in total. The third kappa shape index (κ3) is 2.27. The smallest absolute Gasteiger partial charge is 0.0195 e. The molecule has 1 N–H and O–H groups in total. The van der Waals surface area contributed by atoms with Crippen LogP contribution in [0.15, 0.2) is 0 Å². The molecule has 1 aliphatic heterocycles. The normalized spacial score (nSPS) is 28.8. The van der Waals surface area contributed by atoms with E-state index in [2.05, 4.69) is 24.2 Å². The van der Waals surface area contributed by atoms with Gasteiger partial charge in [-0.25, -0.2) is 0 Å². The van der Waals surface area contributed by atoms with Crippen molar-refractivity contribution in [3.05, 3.63) is 0 Å². The lowest BCUT2D eigenvalue weighted by atomic mass is 10.1. The van der Waals surface area contributed by atoms with Crippen LogP contribution in [0.4, 0.5) is 0 Å². The summed E-state index contributed by atoms with van der Waals surface area (Å²) in [6.07, 6.45) is 2.62. The van der Waals surface area contributed by atoms with E-state index >= 15 is 0 Å². The molecular formula is C8H18N2. The van der Waals surface area contributed by atoms with Gasteiger partial charge in [0.2, 0.25) is 0 Å². The van der Waals surface area contributed by atoms with E-state index in [1.165, 1.54) is 32.5 Å². The third-order valence-corrected chi connectivity index (χ3v) is 2.10. The Morgan fingerprint density at radius 1 is 1.60 bits per heavy atom. The number of hydrogen-bond donors (Lipinski definition) is 1. The van der Waals surface area contributed by atoms with Crippen molar-refractivity contribution in [3.63, 3.8) is 0 Å². The Morgan fingerprint density at radius 3 is 3.00 bits per heavy atom. The SMILES string of the molecule is CCCC1CN(C)CCN1. The Balaban J connectivity index is 2.18. The van der Waals surface area contributed by atoms with E-state index in [1.807, 2.05) is 0 Å². The van der Waals surface area contributed by atoms with Crippen LogP contribution >= 0.6 is 0 Å². The van der Waals surface area contributed by atoms with Gasteiger partial charge >= 0.3 is 0 Å². The molecule has 1 heterocycles. The second kappa shape index (κ2) is 3.94. The van der Waals surface area contributed by atoms with Gasteiger partial charge in [-0.2, -0.15) is 0 Å². The lowest BCUT2D eigenvalue weighted by Crippen LogP contribution is -2.48. The molecule has 10 heavy (non-hydrogen) atoms. The summed E-state index contributed by atoms with van der Waals surface area (Å²) in [5.74, 6) is 0. The maximum absolute atomic E-state index is 3.51. The van der Waals surface area contributed by atoms with Gasteiger partial charge in [-0.1, -0.05) is 13.3 Å². The summed E-state index contributed by atoms with van der Waals surface area (Å²) >= 11 is 0. The second-order valence-electron chi connectivity index (χ2n) is 3.20. The third-order valence-electron chi connectivity index (χ3n) is 2.10. The number of hydrogen-bond acceptors (Lipinski definition) is 2. The molecule has 1 atom stereocenters. The minimum Gasteiger partial charge on any atom is -0.311 e. The van der Waals surface area contributed by atoms with E-state index in [1.54, 1.807) is 0 Å². The van der Waals surface area contributed by atoms with E-state index in [9.17, 15) is 0 Å². The van der Waals surface area contributed by atoms with Crippen LogP contribution in [0.2, 0.25) is 0 Å². The van der Waals surface area contributed by atoms with Crippen molar-refractivity contribution in [2.24, 2.45) is 0 Å². The van der Waals surface area contributed by atoms with Crippen molar-refractivity contribution in [1.82, 2.24) is 10.2 Å². The summed E-state index contributed by atoms with van der Waals surface area (Å²) in [5.41, 5.74) is 0. The summed E-state index contributed by atoms with van der Waals surface area (Å²) in [7, 11) is 2.20. The summed E-state index contributed by atoms with van der Waals surface area (Å²) < 4.78 is 0. The highest BCUT2D eigenvalue weighted by Gasteiger charge is 2.14. The molecule has 0 bridgehead atoms. The Morgan fingerprint density at radius 2 is 2.40 bits per heavy atom. The molecule has 0 aromatic rings. The molecule has 0 saturated carbocycles. The standard InChI is InChI=1S/C8H18N2/c1-3-4-8-7-10(2)6-5-9-8/h8-9H,3-7H2,1-2H3. The maximum Gasteiger partial charge on any atom is 0.0195 e. The molecule has 1 saturated heterocycles. The molecule has 2 heteroatoms. The van der Waals surface area contributed by atoms with Gasteiger partial charge in [0, 0.05) is 25.7 Å². The minimum atomic E-state index is 0.753. The van der Waals surface area contributed by atoms with Crippen LogP contribution in [0.5, 0.6) is 0 Å². The molecule has 0 aromatic heterocycles. The Kier molecular flexibility index (Phi) is 3.16. The predicted octanol–water partition coefficient (Wildman–Crippen LogP) is 0.690. The van der Waals surface area contributed by atoms with Gasteiger partial charge in [-0.3, -0.25) is 0 Å². The van der Waals surface area contributed by atoms with E-state index in [0.717, 1.165) is 6.04 Å². The summed E-state index contributed by atoms with van der Waals surface area (Å²) in [5, 5.41) is 3.51. The van der Waals surface area contributed by atoms with Gasteiger partial charge < -0.3 is 10.2 Å². The van der Waals surface area contributed by atoms with Crippen LogP contribution in [-0.4, -0.2) is 37.6 Å². The van der Waals surface area contributed by atoms with E-state index in [-0.39, 0.29) is 0 Å². The zero-order valence-electron chi connectivity index (χ0n) is 7.06. The van der Waals surface area contributed by atoms with Crippen molar-refractivity contribution in [1.29, 1.82) is 0 Å². The Labute approximate surface area is 63.6 Å². The Hall–Kier alpha value is -0.0800. The fourth-order valence-corrected chi connectivity index (χ4v) is 1.53. The minimum absolute atomic E-state index is 0.753. The van der Waals surface area contributed by atoms with Gasteiger partial charge in [0.15, 0.2) is 0 Å². The van der Waals surface area contributed by atoms with Gasteiger partial charge in [-0.05, 0) is 13.5 Å². The average Bonchev–Trinajstić information content (AvgIpc) is 1.88. The zero-order valence-corrected chi connectivity index (χ0v) is 7.06. The molecule has 0 aliphatic carbocycles. The highest BCUT2D eigenvalue weighted by atomic mass is 15.2. The predicted molar refractivity (Wildman–Crippen MR) is 44.2 cm³/mol. The first-order valence-corrected chi connectivity index (χ1v) is 4.25. The van der Waals surface area contributed by atoms with Gasteiger partial charge in [0.05, 0.1) is 0 Å². The van der Waals surface area contributed by atoms with Crippen molar-refractivity contribution < 1.29 is 0 Å². The molecule has 0 spiro atoms. The number of rotatable bonds is 2. The van der Waals surface area contributed by atoms with Crippen molar-refractivity contribution in [2.75, 3.05) is 26.7 Å². The lowest BCUT2D eigenvalue weighted by molar-refractivity contribution is 0.231. The zero-order chi connectivity index (χ0) is 7.40. The molecule has 1 fully saturated rings. The molecule has 1 unspecified atom stereocenters. The highest BCUT2D eigenvalue weighted by molar-refractivity contribution is 4.75. The molecule has 1 aliphatic rings. The summed E-state index contributed by atoms with van der Waals surface area (Å²) in [6, 6.07) is 0.753. The first-order chi connectivity index (χ1) is 4.83. The lowest BCUT2D eigenvalue weighted by Gasteiger charge is -2.30. The van der Waals surface area contributed by atoms with Crippen molar-refractivity contribution >= 4 is 0 Å². The topological polar surface area (TPSA) is 15.3 Å². The molecular weight excluding hydrogens is 124 g/mol. The maximum atomic E-state index is 3.51. The van der Waals surface area contributed by atoms with Crippen molar-refractivity contribution in [3.8, 4) is 0 Å². The van der Waals surface area contributed by atoms with Crippen LogP contribution < -0.4 is 5.32 Å². The largest absolute Gasteiger partial charge is 0.311 e. The Bertz CT molecular complexity index is 91.3. The number of piperazine rings is 1.